The molecule has 0 unspecified atom stereocenters. The number of aromatic hydroxyl groups is 1. The lowest BCUT2D eigenvalue weighted by Gasteiger charge is -2.05. The SMILES string of the molecule is COC(=O)CCc1cccc(O)c1N. The summed E-state index contributed by atoms with van der Waals surface area (Å²) in [5.41, 5.74) is 6.70. The van der Waals surface area contributed by atoms with E-state index in [-0.39, 0.29) is 18.1 Å². The number of hydrogen-bond donors (Lipinski definition) is 2. The number of phenols is 1. The Hall–Kier alpha value is -1.71. The standard InChI is InChI=1S/C10H13NO3/c1-14-9(13)6-5-7-3-2-4-8(12)10(7)11/h2-4,12H,5-6,11H2,1H3. The Morgan fingerprint density at radius 1 is 1.57 bits per heavy atom. The van der Waals surface area contributed by atoms with E-state index in [1.54, 1.807) is 12.1 Å². The number of hydrogen-bond acceptors (Lipinski definition) is 4. The highest BCUT2D eigenvalue weighted by Crippen LogP contribution is 2.24. The number of anilines is 1. The molecule has 14 heavy (non-hydrogen) atoms. The van der Waals surface area contributed by atoms with Crippen molar-refractivity contribution in [1.29, 1.82) is 0 Å². The van der Waals surface area contributed by atoms with Gasteiger partial charge in [0.05, 0.1) is 12.8 Å². The van der Waals surface area contributed by atoms with Crippen LogP contribution < -0.4 is 5.73 Å². The molecule has 4 nitrogen and oxygen atoms in total. The largest absolute Gasteiger partial charge is 0.506 e. The molecule has 3 N–H and O–H groups in total. The third-order valence-corrected chi connectivity index (χ3v) is 2.00. The number of methoxy groups -OCH3 is 1. The first-order valence-corrected chi connectivity index (χ1v) is 4.28. The fourth-order valence-corrected chi connectivity index (χ4v) is 1.16. The van der Waals surface area contributed by atoms with Gasteiger partial charge in [0.15, 0.2) is 0 Å². The predicted octanol–water partition coefficient (Wildman–Crippen LogP) is 1.08. The number of para-hydroxylation sites is 1. The van der Waals surface area contributed by atoms with Crippen LogP contribution in [0.15, 0.2) is 18.2 Å². The number of nitrogens with two attached hydrogens (primary N) is 1. The summed E-state index contributed by atoms with van der Waals surface area (Å²) in [6.45, 7) is 0. The number of aryl methyl sites for hydroxylation is 1. The molecule has 0 aliphatic rings. The van der Waals surface area contributed by atoms with Crippen LogP contribution in [0.3, 0.4) is 0 Å². The molecule has 0 heterocycles. The minimum absolute atomic E-state index is 0.0485. The molecule has 0 atom stereocenters. The van der Waals surface area contributed by atoms with Crippen LogP contribution in [0.4, 0.5) is 5.69 Å². The van der Waals surface area contributed by atoms with E-state index in [2.05, 4.69) is 4.74 Å². The average molecular weight is 195 g/mol. The molecule has 1 rings (SSSR count). The molecule has 0 amide bonds. The Balaban J connectivity index is 2.68. The first-order chi connectivity index (χ1) is 6.65. The zero-order valence-corrected chi connectivity index (χ0v) is 7.99. The molecule has 0 radical (unpaired) electrons. The number of esters is 1. The summed E-state index contributed by atoms with van der Waals surface area (Å²) in [4.78, 5) is 10.9. The van der Waals surface area contributed by atoms with E-state index in [4.69, 9.17) is 5.73 Å². The predicted molar refractivity (Wildman–Crippen MR) is 52.9 cm³/mol. The van der Waals surface area contributed by atoms with Gasteiger partial charge in [0, 0.05) is 6.42 Å². The van der Waals surface area contributed by atoms with Crippen molar-refractivity contribution in [3.8, 4) is 5.75 Å². The molecular weight excluding hydrogens is 182 g/mol. The van der Waals surface area contributed by atoms with Crippen molar-refractivity contribution < 1.29 is 14.6 Å². The summed E-state index contributed by atoms with van der Waals surface area (Å²) in [6.07, 6.45) is 0.747. The Kier molecular flexibility index (Phi) is 3.34. The van der Waals surface area contributed by atoms with Gasteiger partial charge in [-0.1, -0.05) is 12.1 Å². The van der Waals surface area contributed by atoms with Crippen LogP contribution >= 0.6 is 0 Å². The number of benzene rings is 1. The number of carbonyl (C=O) groups is 1. The van der Waals surface area contributed by atoms with Gasteiger partial charge < -0.3 is 15.6 Å². The molecule has 0 saturated carbocycles. The third kappa shape index (κ3) is 2.39. The second-order valence-electron chi connectivity index (χ2n) is 2.93. The summed E-state index contributed by atoms with van der Waals surface area (Å²) in [5, 5.41) is 9.28. The van der Waals surface area contributed by atoms with Crippen LogP contribution in [0.25, 0.3) is 0 Å². The molecule has 4 heteroatoms. The van der Waals surface area contributed by atoms with E-state index in [1.807, 2.05) is 0 Å². The van der Waals surface area contributed by atoms with Gasteiger partial charge in [-0.25, -0.2) is 0 Å². The zero-order valence-electron chi connectivity index (χ0n) is 7.99. The molecular formula is C10H13NO3. The maximum atomic E-state index is 10.9. The summed E-state index contributed by atoms with van der Waals surface area (Å²) in [6, 6.07) is 4.98. The smallest absolute Gasteiger partial charge is 0.305 e. The van der Waals surface area contributed by atoms with Gasteiger partial charge in [-0.3, -0.25) is 4.79 Å². The number of ether oxygens (including phenoxy) is 1. The van der Waals surface area contributed by atoms with Gasteiger partial charge in [0.2, 0.25) is 0 Å². The molecule has 0 spiro atoms. The van der Waals surface area contributed by atoms with E-state index >= 15 is 0 Å². The van der Waals surface area contributed by atoms with Crippen LogP contribution in [-0.4, -0.2) is 18.2 Å². The molecule has 0 saturated heterocycles. The highest BCUT2D eigenvalue weighted by molar-refractivity contribution is 5.70. The van der Waals surface area contributed by atoms with Gasteiger partial charge in [0.25, 0.3) is 0 Å². The summed E-state index contributed by atoms with van der Waals surface area (Å²) >= 11 is 0. The zero-order chi connectivity index (χ0) is 10.6. The van der Waals surface area contributed by atoms with Crippen molar-refractivity contribution in [3.05, 3.63) is 23.8 Å². The Morgan fingerprint density at radius 3 is 2.93 bits per heavy atom. The molecule has 0 aliphatic heterocycles. The Bertz CT molecular complexity index is 336. The van der Waals surface area contributed by atoms with Gasteiger partial charge in [-0.2, -0.15) is 0 Å². The third-order valence-electron chi connectivity index (χ3n) is 2.00. The van der Waals surface area contributed by atoms with E-state index in [9.17, 15) is 9.90 Å². The van der Waals surface area contributed by atoms with Crippen molar-refractivity contribution in [2.75, 3.05) is 12.8 Å². The minimum atomic E-state index is -0.284. The number of phenolic OH excluding ortho intramolecular Hbond substituents is 1. The fraction of sp³-hybridized carbons (Fsp3) is 0.300. The quantitative estimate of drug-likeness (QED) is 0.430. The highest BCUT2D eigenvalue weighted by atomic mass is 16.5. The molecule has 1 aromatic rings. The monoisotopic (exact) mass is 195 g/mol. The van der Waals surface area contributed by atoms with E-state index < -0.39 is 0 Å². The van der Waals surface area contributed by atoms with Crippen LogP contribution in [-0.2, 0) is 16.0 Å². The fourth-order valence-electron chi connectivity index (χ4n) is 1.16. The Morgan fingerprint density at radius 2 is 2.29 bits per heavy atom. The maximum absolute atomic E-state index is 10.9. The van der Waals surface area contributed by atoms with Gasteiger partial charge in [-0.15, -0.1) is 0 Å². The molecule has 0 fully saturated rings. The lowest BCUT2D eigenvalue weighted by Crippen LogP contribution is -2.03. The van der Waals surface area contributed by atoms with Gasteiger partial charge >= 0.3 is 5.97 Å². The van der Waals surface area contributed by atoms with E-state index in [0.29, 0.717) is 12.1 Å². The lowest BCUT2D eigenvalue weighted by atomic mass is 10.1. The number of carbonyl (C=O) groups excluding carboxylic acids is 1. The van der Waals surface area contributed by atoms with E-state index in [0.717, 1.165) is 5.56 Å². The molecule has 0 aromatic heterocycles. The lowest BCUT2D eigenvalue weighted by molar-refractivity contribution is -0.140. The first kappa shape index (κ1) is 10.4. The maximum Gasteiger partial charge on any atom is 0.305 e. The average Bonchev–Trinajstić information content (AvgIpc) is 2.20. The number of nitrogen functional groups attached to an aromatic ring is 1. The highest BCUT2D eigenvalue weighted by Gasteiger charge is 2.06. The topological polar surface area (TPSA) is 72.5 Å². The van der Waals surface area contributed by atoms with Crippen molar-refractivity contribution in [1.82, 2.24) is 0 Å². The van der Waals surface area contributed by atoms with Crippen molar-refractivity contribution in [2.45, 2.75) is 12.8 Å². The van der Waals surface area contributed by atoms with Crippen LogP contribution in [0.1, 0.15) is 12.0 Å². The van der Waals surface area contributed by atoms with E-state index in [1.165, 1.54) is 13.2 Å². The molecule has 0 aliphatic carbocycles. The van der Waals surface area contributed by atoms with Crippen molar-refractivity contribution >= 4 is 11.7 Å². The Labute approximate surface area is 82.3 Å². The summed E-state index contributed by atoms with van der Waals surface area (Å²) in [5.74, 6) is -0.236. The van der Waals surface area contributed by atoms with Gasteiger partial charge in [-0.05, 0) is 18.1 Å². The second-order valence-corrected chi connectivity index (χ2v) is 2.93. The van der Waals surface area contributed by atoms with Crippen molar-refractivity contribution in [3.63, 3.8) is 0 Å². The minimum Gasteiger partial charge on any atom is -0.506 e. The summed E-state index contributed by atoms with van der Waals surface area (Å²) in [7, 11) is 1.34. The summed E-state index contributed by atoms with van der Waals surface area (Å²) < 4.78 is 4.50. The first-order valence-electron chi connectivity index (χ1n) is 4.28. The van der Waals surface area contributed by atoms with Crippen molar-refractivity contribution in [2.24, 2.45) is 0 Å². The van der Waals surface area contributed by atoms with Crippen LogP contribution in [0.5, 0.6) is 5.75 Å². The van der Waals surface area contributed by atoms with Crippen LogP contribution in [0.2, 0.25) is 0 Å². The normalized spacial score (nSPS) is 9.79. The molecule has 1 aromatic carbocycles. The molecule has 76 valence electrons. The molecule has 0 bridgehead atoms. The second kappa shape index (κ2) is 4.50. The van der Waals surface area contributed by atoms with Crippen LogP contribution in [0, 0.1) is 0 Å². The number of rotatable bonds is 3. The van der Waals surface area contributed by atoms with Gasteiger partial charge in [0.1, 0.15) is 5.75 Å².